The summed E-state index contributed by atoms with van der Waals surface area (Å²) < 4.78 is 4.54. The van der Waals surface area contributed by atoms with Crippen LogP contribution in [0.2, 0.25) is 0 Å². The molecule has 0 heterocycles. The van der Waals surface area contributed by atoms with Gasteiger partial charge in [0, 0.05) is 0 Å². The molecule has 0 aliphatic rings. The van der Waals surface area contributed by atoms with Crippen LogP contribution in [0.3, 0.4) is 0 Å². The second-order valence-electron chi connectivity index (χ2n) is 3.96. The monoisotopic (exact) mass is 160 g/mol. The van der Waals surface area contributed by atoms with Crippen LogP contribution in [-0.2, 0) is 4.74 Å². The molecule has 0 bridgehead atoms. The van der Waals surface area contributed by atoms with Crippen LogP contribution < -0.4 is 0 Å². The Morgan fingerprint density at radius 1 is 1.55 bits per heavy atom. The Kier molecular flexibility index (Phi) is 3.36. The summed E-state index contributed by atoms with van der Waals surface area (Å²) in [7, 11) is 0. The average Bonchev–Trinajstić information content (AvgIpc) is 1.53. The topological polar surface area (TPSA) is 46.5 Å². The summed E-state index contributed by atoms with van der Waals surface area (Å²) in [5, 5.41) is 8.26. The third-order valence-corrected chi connectivity index (χ3v) is 1.20. The van der Waals surface area contributed by atoms with Gasteiger partial charge in [-0.25, -0.2) is 4.79 Å². The van der Waals surface area contributed by atoms with E-state index in [1.807, 2.05) is 0 Å². The van der Waals surface area contributed by atoms with Gasteiger partial charge in [0.15, 0.2) is 0 Å². The number of carboxylic acid groups (broad SMARTS) is 1. The summed E-state index contributed by atoms with van der Waals surface area (Å²) in [6, 6.07) is 0. The van der Waals surface area contributed by atoms with E-state index in [0.29, 0.717) is 0 Å². The van der Waals surface area contributed by atoms with E-state index in [0.717, 1.165) is 6.42 Å². The van der Waals surface area contributed by atoms with Gasteiger partial charge in [0.1, 0.15) is 6.10 Å². The first kappa shape index (κ1) is 10.3. The maximum atomic E-state index is 10.1. The van der Waals surface area contributed by atoms with E-state index in [1.54, 1.807) is 6.92 Å². The molecule has 1 N–H and O–H groups in total. The molecule has 0 amide bonds. The minimum atomic E-state index is -1.19. The molecule has 0 aliphatic carbocycles. The largest absolute Gasteiger partial charge is 0.506 e. The smallest absolute Gasteiger partial charge is 0.450 e. The Bertz CT molecular complexity index is 135. The second kappa shape index (κ2) is 3.60. The van der Waals surface area contributed by atoms with Crippen molar-refractivity contribution in [3.63, 3.8) is 0 Å². The number of hydrogen-bond acceptors (Lipinski definition) is 2. The third kappa shape index (κ3) is 7.16. The maximum Gasteiger partial charge on any atom is 0.506 e. The highest BCUT2D eigenvalue weighted by Gasteiger charge is 2.17. The van der Waals surface area contributed by atoms with E-state index in [-0.39, 0.29) is 11.5 Å². The lowest BCUT2D eigenvalue weighted by Crippen LogP contribution is -2.20. The van der Waals surface area contributed by atoms with Crippen LogP contribution in [0.25, 0.3) is 0 Å². The molecule has 0 saturated carbocycles. The highest BCUT2D eigenvalue weighted by atomic mass is 16.7. The van der Waals surface area contributed by atoms with Gasteiger partial charge in [0.25, 0.3) is 0 Å². The maximum absolute atomic E-state index is 10.1. The summed E-state index contributed by atoms with van der Waals surface area (Å²) in [6.45, 7) is 7.91. The lowest BCUT2D eigenvalue weighted by Gasteiger charge is -2.21. The minimum absolute atomic E-state index is 0.120. The summed E-state index contributed by atoms with van der Waals surface area (Å²) in [5.41, 5.74) is 0.120. The van der Waals surface area contributed by atoms with Crippen molar-refractivity contribution >= 4 is 6.16 Å². The van der Waals surface area contributed by atoms with Crippen LogP contribution >= 0.6 is 0 Å². The van der Waals surface area contributed by atoms with Crippen LogP contribution in [0.5, 0.6) is 0 Å². The molecule has 0 rings (SSSR count). The van der Waals surface area contributed by atoms with Crippen molar-refractivity contribution in [2.45, 2.75) is 40.2 Å². The molecule has 1 unspecified atom stereocenters. The lowest BCUT2D eigenvalue weighted by molar-refractivity contribution is 0.0425. The first-order valence-electron chi connectivity index (χ1n) is 3.71. The fourth-order valence-electron chi connectivity index (χ4n) is 1.08. The molecular formula is C8H16O3. The zero-order valence-electron chi connectivity index (χ0n) is 7.55. The van der Waals surface area contributed by atoms with Crippen molar-refractivity contribution in [3.8, 4) is 0 Å². The molecule has 0 fully saturated rings. The Hall–Kier alpha value is -0.730. The van der Waals surface area contributed by atoms with Crippen molar-refractivity contribution in [1.82, 2.24) is 0 Å². The van der Waals surface area contributed by atoms with Crippen molar-refractivity contribution in [2.24, 2.45) is 5.41 Å². The molecule has 0 saturated heterocycles. The fraction of sp³-hybridized carbons (Fsp3) is 0.875. The van der Waals surface area contributed by atoms with Gasteiger partial charge < -0.3 is 9.84 Å². The minimum Gasteiger partial charge on any atom is -0.450 e. The molecule has 1 atom stereocenters. The Balaban J connectivity index is 3.69. The summed E-state index contributed by atoms with van der Waals surface area (Å²) in [6.07, 6.45) is -0.659. The number of carbonyl (C=O) groups is 1. The van der Waals surface area contributed by atoms with Crippen LogP contribution in [0.4, 0.5) is 4.79 Å². The van der Waals surface area contributed by atoms with Gasteiger partial charge in [-0.05, 0) is 18.8 Å². The predicted octanol–water partition coefficient (Wildman–Crippen LogP) is 2.51. The lowest BCUT2D eigenvalue weighted by atomic mass is 9.90. The zero-order chi connectivity index (χ0) is 9.07. The van der Waals surface area contributed by atoms with Crippen LogP contribution in [-0.4, -0.2) is 17.4 Å². The van der Waals surface area contributed by atoms with Gasteiger partial charge in [0.2, 0.25) is 0 Å². The molecule has 0 aromatic heterocycles. The van der Waals surface area contributed by atoms with Gasteiger partial charge in [-0.3, -0.25) is 0 Å². The van der Waals surface area contributed by atoms with Gasteiger partial charge in [-0.2, -0.15) is 0 Å². The van der Waals surface area contributed by atoms with E-state index in [9.17, 15) is 4.79 Å². The van der Waals surface area contributed by atoms with Crippen molar-refractivity contribution in [2.75, 3.05) is 0 Å². The van der Waals surface area contributed by atoms with E-state index >= 15 is 0 Å². The summed E-state index contributed by atoms with van der Waals surface area (Å²) >= 11 is 0. The highest BCUT2D eigenvalue weighted by Crippen LogP contribution is 2.21. The van der Waals surface area contributed by atoms with Crippen molar-refractivity contribution < 1.29 is 14.6 Å². The Labute approximate surface area is 67.4 Å². The fourth-order valence-corrected chi connectivity index (χ4v) is 1.08. The van der Waals surface area contributed by atoms with Crippen LogP contribution in [0.15, 0.2) is 0 Å². The van der Waals surface area contributed by atoms with Gasteiger partial charge in [-0.1, -0.05) is 20.8 Å². The normalized spacial score (nSPS) is 14.2. The molecule has 3 nitrogen and oxygen atoms in total. The van der Waals surface area contributed by atoms with E-state index in [1.165, 1.54) is 0 Å². The average molecular weight is 160 g/mol. The molecule has 66 valence electrons. The predicted molar refractivity (Wildman–Crippen MR) is 42.6 cm³/mol. The molecule has 0 radical (unpaired) electrons. The second-order valence-corrected chi connectivity index (χ2v) is 3.96. The molecule has 0 aromatic rings. The van der Waals surface area contributed by atoms with Gasteiger partial charge in [-0.15, -0.1) is 0 Å². The standard InChI is InChI=1S/C8H16O3/c1-6(11-7(9)10)5-8(2,3)4/h6H,5H2,1-4H3,(H,9,10). The summed E-state index contributed by atoms with van der Waals surface area (Å²) in [4.78, 5) is 10.1. The van der Waals surface area contributed by atoms with E-state index in [4.69, 9.17) is 5.11 Å². The SMILES string of the molecule is CC(CC(C)(C)C)OC(=O)O. The van der Waals surface area contributed by atoms with E-state index in [2.05, 4.69) is 25.5 Å². The molecule has 3 heteroatoms. The van der Waals surface area contributed by atoms with Crippen molar-refractivity contribution in [3.05, 3.63) is 0 Å². The number of rotatable bonds is 2. The highest BCUT2D eigenvalue weighted by molar-refractivity contribution is 5.56. The molecular weight excluding hydrogens is 144 g/mol. The molecule has 0 aliphatic heterocycles. The van der Waals surface area contributed by atoms with E-state index < -0.39 is 6.16 Å². The van der Waals surface area contributed by atoms with Crippen LogP contribution in [0.1, 0.15) is 34.1 Å². The zero-order valence-corrected chi connectivity index (χ0v) is 7.55. The van der Waals surface area contributed by atoms with Crippen molar-refractivity contribution in [1.29, 1.82) is 0 Å². The Morgan fingerprint density at radius 3 is 2.27 bits per heavy atom. The number of hydrogen-bond donors (Lipinski definition) is 1. The van der Waals surface area contributed by atoms with Gasteiger partial charge in [0.05, 0.1) is 0 Å². The third-order valence-electron chi connectivity index (χ3n) is 1.20. The first-order valence-corrected chi connectivity index (χ1v) is 3.71. The molecule has 0 spiro atoms. The first-order chi connectivity index (χ1) is 4.81. The van der Waals surface area contributed by atoms with Crippen LogP contribution in [0, 0.1) is 5.41 Å². The quantitative estimate of drug-likeness (QED) is 0.631. The molecule has 0 aromatic carbocycles. The van der Waals surface area contributed by atoms with Gasteiger partial charge >= 0.3 is 6.16 Å². The summed E-state index contributed by atoms with van der Waals surface area (Å²) in [5.74, 6) is 0. The Morgan fingerprint density at radius 2 is 2.00 bits per heavy atom. The molecule has 11 heavy (non-hydrogen) atoms. The number of ether oxygens (including phenoxy) is 1.